The van der Waals surface area contributed by atoms with E-state index in [1.165, 1.54) is 0 Å². The Bertz CT molecular complexity index is 427. The molecule has 0 aromatic heterocycles. The van der Waals surface area contributed by atoms with Gasteiger partial charge < -0.3 is 5.32 Å². The first-order valence-electron chi connectivity index (χ1n) is 5.09. The van der Waals surface area contributed by atoms with Crippen molar-refractivity contribution in [2.24, 2.45) is 5.92 Å². The summed E-state index contributed by atoms with van der Waals surface area (Å²) in [5.41, 5.74) is 1.79. The van der Waals surface area contributed by atoms with Crippen molar-refractivity contribution in [2.75, 3.05) is 5.32 Å². The van der Waals surface area contributed by atoms with Gasteiger partial charge in [-0.05, 0) is 19.1 Å². The summed E-state index contributed by atoms with van der Waals surface area (Å²) < 4.78 is 0. The Labute approximate surface area is 92.6 Å². The van der Waals surface area contributed by atoms with Crippen LogP contribution in [-0.2, 0) is 4.79 Å². The van der Waals surface area contributed by atoms with Crippen LogP contribution in [-0.4, -0.2) is 16.9 Å². The van der Waals surface area contributed by atoms with Crippen molar-refractivity contribution < 1.29 is 9.72 Å². The maximum absolute atomic E-state index is 11.6. The van der Waals surface area contributed by atoms with Gasteiger partial charge in [-0.3, -0.25) is 14.9 Å². The number of benzene rings is 1. The van der Waals surface area contributed by atoms with Crippen molar-refractivity contribution >= 4 is 11.6 Å². The van der Waals surface area contributed by atoms with Gasteiger partial charge in [0.15, 0.2) is 0 Å². The van der Waals surface area contributed by atoms with Gasteiger partial charge in [-0.15, -0.1) is 0 Å². The van der Waals surface area contributed by atoms with Gasteiger partial charge in [0.25, 0.3) is 0 Å². The highest BCUT2D eigenvalue weighted by molar-refractivity contribution is 5.94. The van der Waals surface area contributed by atoms with Crippen molar-refractivity contribution in [3.8, 4) is 0 Å². The van der Waals surface area contributed by atoms with Gasteiger partial charge in [-0.2, -0.15) is 0 Å². The molecule has 1 aromatic carbocycles. The Morgan fingerprint density at radius 3 is 2.56 bits per heavy atom. The number of carbonyl (C=O) groups is 1. The van der Waals surface area contributed by atoms with Gasteiger partial charge >= 0.3 is 0 Å². The summed E-state index contributed by atoms with van der Waals surface area (Å²) in [5, 5.41) is 13.1. The van der Waals surface area contributed by atoms with E-state index in [0.29, 0.717) is 12.1 Å². The lowest BCUT2D eigenvalue weighted by molar-refractivity contribution is -0.497. The molecule has 2 atom stereocenters. The van der Waals surface area contributed by atoms with E-state index in [9.17, 15) is 14.9 Å². The van der Waals surface area contributed by atoms with Crippen LogP contribution in [0.5, 0.6) is 0 Å². The highest BCUT2D eigenvalue weighted by Gasteiger charge is 2.53. The highest BCUT2D eigenvalue weighted by atomic mass is 16.6. The molecular formula is C11H12N2O3. The smallest absolute Gasteiger partial charge is 0.234 e. The molecule has 84 valence electrons. The summed E-state index contributed by atoms with van der Waals surface area (Å²) in [5.74, 6) is -0.721. The van der Waals surface area contributed by atoms with Crippen LogP contribution in [0.3, 0.4) is 0 Å². The molecule has 1 saturated carbocycles. The fourth-order valence-electron chi connectivity index (χ4n) is 1.57. The lowest BCUT2D eigenvalue weighted by Gasteiger charge is -2.03. The van der Waals surface area contributed by atoms with Gasteiger partial charge in [-0.1, -0.05) is 17.7 Å². The average Bonchev–Trinajstić information content (AvgIpc) is 3.01. The first-order valence-corrected chi connectivity index (χ1v) is 5.09. The maximum atomic E-state index is 11.6. The minimum absolute atomic E-state index is 0.259. The first-order chi connectivity index (χ1) is 7.58. The van der Waals surface area contributed by atoms with Crippen molar-refractivity contribution in [1.29, 1.82) is 0 Å². The molecule has 0 radical (unpaired) electrons. The summed E-state index contributed by atoms with van der Waals surface area (Å²) in [7, 11) is 0. The quantitative estimate of drug-likeness (QED) is 0.621. The molecule has 5 heteroatoms. The summed E-state index contributed by atoms with van der Waals surface area (Å²) >= 11 is 0. The molecule has 1 amide bonds. The number of aryl methyl sites for hydroxylation is 1. The molecule has 1 aliphatic rings. The molecule has 1 aromatic rings. The monoisotopic (exact) mass is 220 g/mol. The normalized spacial score (nSPS) is 22.6. The molecule has 2 rings (SSSR count). The summed E-state index contributed by atoms with van der Waals surface area (Å²) in [6.45, 7) is 1.95. The predicted octanol–water partition coefficient (Wildman–Crippen LogP) is 1.60. The molecule has 0 heterocycles. The van der Waals surface area contributed by atoms with Gasteiger partial charge in [0.2, 0.25) is 11.9 Å². The number of hydrogen-bond acceptors (Lipinski definition) is 3. The molecule has 1 N–H and O–H groups in total. The molecule has 0 unspecified atom stereocenters. The van der Waals surface area contributed by atoms with Crippen molar-refractivity contribution in [2.45, 2.75) is 19.4 Å². The number of nitro groups is 1. The van der Waals surface area contributed by atoms with E-state index in [1.807, 2.05) is 19.1 Å². The van der Waals surface area contributed by atoms with E-state index in [-0.39, 0.29) is 10.8 Å². The lowest BCUT2D eigenvalue weighted by atomic mass is 10.2. The maximum Gasteiger partial charge on any atom is 0.234 e. The summed E-state index contributed by atoms with van der Waals surface area (Å²) in [6.07, 6.45) is 0.352. The van der Waals surface area contributed by atoms with E-state index in [0.717, 1.165) is 5.56 Å². The third-order valence-corrected chi connectivity index (χ3v) is 2.68. The van der Waals surface area contributed by atoms with Crippen LogP contribution in [0.2, 0.25) is 0 Å². The number of nitrogens with zero attached hydrogens (tertiary/aromatic N) is 1. The van der Waals surface area contributed by atoms with Crippen LogP contribution < -0.4 is 5.32 Å². The average molecular weight is 220 g/mol. The predicted molar refractivity (Wildman–Crippen MR) is 58.7 cm³/mol. The number of rotatable bonds is 3. The van der Waals surface area contributed by atoms with Crippen LogP contribution in [0.1, 0.15) is 12.0 Å². The molecule has 0 aliphatic heterocycles. The minimum atomic E-state index is -0.689. The highest BCUT2D eigenvalue weighted by Crippen LogP contribution is 2.34. The van der Waals surface area contributed by atoms with Crippen molar-refractivity contribution in [3.63, 3.8) is 0 Å². The second kappa shape index (κ2) is 3.92. The molecule has 0 saturated heterocycles. The molecule has 1 fully saturated rings. The van der Waals surface area contributed by atoms with Crippen LogP contribution in [0.4, 0.5) is 5.69 Å². The molecule has 0 bridgehead atoms. The number of carbonyl (C=O) groups excluding carboxylic acids is 1. The Morgan fingerprint density at radius 1 is 1.44 bits per heavy atom. The third kappa shape index (κ3) is 2.18. The fourth-order valence-corrected chi connectivity index (χ4v) is 1.57. The number of anilines is 1. The summed E-state index contributed by atoms with van der Waals surface area (Å²) in [6, 6.07) is 6.65. The zero-order valence-electron chi connectivity index (χ0n) is 8.84. The Hall–Kier alpha value is -1.91. The largest absolute Gasteiger partial charge is 0.326 e. The Balaban J connectivity index is 1.94. The van der Waals surface area contributed by atoms with Crippen molar-refractivity contribution in [3.05, 3.63) is 39.9 Å². The topological polar surface area (TPSA) is 72.2 Å². The second-order valence-electron chi connectivity index (χ2n) is 4.05. The number of amides is 1. The number of hydrogen-bond donors (Lipinski definition) is 1. The van der Waals surface area contributed by atoms with E-state index < -0.39 is 12.0 Å². The van der Waals surface area contributed by atoms with Crippen LogP contribution in [0, 0.1) is 23.0 Å². The zero-order chi connectivity index (χ0) is 11.7. The third-order valence-electron chi connectivity index (χ3n) is 2.68. The lowest BCUT2D eigenvalue weighted by Crippen LogP contribution is -2.18. The van der Waals surface area contributed by atoms with Gasteiger partial charge in [0.1, 0.15) is 5.92 Å². The Kier molecular flexibility index (Phi) is 2.60. The van der Waals surface area contributed by atoms with Crippen molar-refractivity contribution in [1.82, 2.24) is 0 Å². The number of nitrogens with one attached hydrogen (secondary N) is 1. The second-order valence-corrected chi connectivity index (χ2v) is 4.05. The standard InChI is InChI=1S/C11H12N2O3/c1-7-2-4-8(5-3-7)12-11(14)9-6-10(9)13(15)16/h2-5,9-10H,6H2,1H3,(H,12,14)/t9-,10+/m1/s1. The van der Waals surface area contributed by atoms with E-state index in [1.54, 1.807) is 12.1 Å². The molecule has 0 spiro atoms. The van der Waals surface area contributed by atoms with Gasteiger partial charge in [-0.25, -0.2) is 0 Å². The Morgan fingerprint density at radius 2 is 2.06 bits per heavy atom. The molecular weight excluding hydrogens is 208 g/mol. The van der Waals surface area contributed by atoms with Gasteiger partial charge in [0.05, 0.1) is 0 Å². The van der Waals surface area contributed by atoms with E-state index >= 15 is 0 Å². The molecule has 16 heavy (non-hydrogen) atoms. The van der Waals surface area contributed by atoms with Crippen LogP contribution >= 0.6 is 0 Å². The van der Waals surface area contributed by atoms with Crippen LogP contribution in [0.25, 0.3) is 0 Å². The molecule has 5 nitrogen and oxygen atoms in total. The first kappa shape index (κ1) is 10.6. The fraction of sp³-hybridized carbons (Fsp3) is 0.364. The van der Waals surface area contributed by atoms with Crippen LogP contribution in [0.15, 0.2) is 24.3 Å². The van der Waals surface area contributed by atoms with E-state index in [4.69, 9.17) is 0 Å². The SMILES string of the molecule is Cc1ccc(NC(=O)[C@@H]2C[C@@H]2[N+](=O)[O-])cc1. The van der Waals surface area contributed by atoms with Gasteiger partial charge in [0, 0.05) is 17.0 Å². The minimum Gasteiger partial charge on any atom is -0.326 e. The van der Waals surface area contributed by atoms with E-state index in [2.05, 4.69) is 5.32 Å². The zero-order valence-corrected chi connectivity index (χ0v) is 8.84. The molecule has 1 aliphatic carbocycles. The summed E-state index contributed by atoms with van der Waals surface area (Å²) in [4.78, 5) is 21.6.